The molecule has 2 heterocycles. The van der Waals surface area contributed by atoms with Gasteiger partial charge in [-0.25, -0.2) is 17.7 Å². The Kier molecular flexibility index (Phi) is 6.55. The summed E-state index contributed by atoms with van der Waals surface area (Å²) >= 11 is 3.29. The van der Waals surface area contributed by atoms with Crippen molar-refractivity contribution in [3.05, 3.63) is 22.8 Å². The van der Waals surface area contributed by atoms with Crippen LogP contribution in [0.2, 0.25) is 0 Å². The Balaban J connectivity index is 1.80. The summed E-state index contributed by atoms with van der Waals surface area (Å²) in [6.07, 6.45) is 4.12. The van der Waals surface area contributed by atoms with E-state index in [1.807, 2.05) is 13.0 Å². The Morgan fingerprint density at radius 2 is 2.09 bits per heavy atom. The topological polar surface area (TPSA) is 79.4 Å². The minimum Gasteiger partial charge on any atom is -0.311 e. The van der Waals surface area contributed by atoms with Gasteiger partial charge in [-0.3, -0.25) is 4.79 Å². The summed E-state index contributed by atoms with van der Waals surface area (Å²) in [6, 6.07) is 3.56. The molecule has 128 valence electrons. The fourth-order valence-corrected chi connectivity index (χ4v) is 4.46. The van der Waals surface area contributed by atoms with Gasteiger partial charge in [0, 0.05) is 30.2 Å². The Morgan fingerprint density at radius 1 is 1.39 bits per heavy atom. The van der Waals surface area contributed by atoms with Crippen molar-refractivity contribution < 1.29 is 13.2 Å². The van der Waals surface area contributed by atoms with Gasteiger partial charge in [-0.05, 0) is 53.2 Å². The van der Waals surface area contributed by atoms with Crippen LogP contribution in [0.3, 0.4) is 0 Å². The van der Waals surface area contributed by atoms with E-state index in [2.05, 4.69) is 26.2 Å². The number of rotatable bonds is 6. The van der Waals surface area contributed by atoms with Gasteiger partial charge >= 0.3 is 0 Å². The molecule has 1 aromatic rings. The van der Waals surface area contributed by atoms with E-state index >= 15 is 0 Å². The van der Waals surface area contributed by atoms with Crippen molar-refractivity contribution in [3.63, 3.8) is 0 Å². The quantitative estimate of drug-likeness (QED) is 0.791. The van der Waals surface area contributed by atoms with E-state index in [1.165, 1.54) is 0 Å². The van der Waals surface area contributed by atoms with Crippen LogP contribution in [0.1, 0.15) is 32.6 Å². The highest BCUT2D eigenvalue weighted by Crippen LogP contribution is 2.23. The number of halogens is 1. The molecule has 1 saturated heterocycles. The number of aromatic nitrogens is 1. The summed E-state index contributed by atoms with van der Waals surface area (Å²) in [5, 5.41) is 2.78. The summed E-state index contributed by atoms with van der Waals surface area (Å²) in [5.41, 5.74) is 0. The lowest BCUT2D eigenvalue weighted by molar-refractivity contribution is -0.117. The highest BCUT2D eigenvalue weighted by Gasteiger charge is 2.28. The predicted molar refractivity (Wildman–Crippen MR) is 93.6 cm³/mol. The average molecular weight is 404 g/mol. The molecule has 0 bridgehead atoms. The zero-order valence-electron chi connectivity index (χ0n) is 13.2. The SMILES string of the molecule is CCCS(=O)(=O)N1CCC(CC(=O)Nc2ccc(Br)cn2)CC1. The summed E-state index contributed by atoms with van der Waals surface area (Å²) in [7, 11) is -3.12. The normalized spacial score (nSPS) is 17.1. The third kappa shape index (κ3) is 5.54. The van der Waals surface area contributed by atoms with Crippen LogP contribution in [0, 0.1) is 5.92 Å². The van der Waals surface area contributed by atoms with Crippen molar-refractivity contribution in [1.29, 1.82) is 0 Å². The van der Waals surface area contributed by atoms with E-state index in [9.17, 15) is 13.2 Å². The molecule has 1 aliphatic rings. The van der Waals surface area contributed by atoms with E-state index in [1.54, 1.807) is 16.6 Å². The fourth-order valence-electron chi connectivity index (χ4n) is 2.68. The summed E-state index contributed by atoms with van der Waals surface area (Å²) in [5.74, 6) is 0.877. The van der Waals surface area contributed by atoms with Crippen molar-refractivity contribution in [3.8, 4) is 0 Å². The molecular formula is C15H22BrN3O3S. The minimum atomic E-state index is -3.12. The number of amides is 1. The van der Waals surface area contributed by atoms with E-state index in [4.69, 9.17) is 0 Å². The van der Waals surface area contributed by atoms with Gasteiger partial charge in [0.1, 0.15) is 5.82 Å². The first-order chi connectivity index (χ1) is 10.9. The molecule has 6 nitrogen and oxygen atoms in total. The molecule has 0 spiro atoms. The van der Waals surface area contributed by atoms with Crippen molar-refractivity contribution >= 4 is 37.7 Å². The van der Waals surface area contributed by atoms with Gasteiger partial charge in [0.05, 0.1) is 5.75 Å². The van der Waals surface area contributed by atoms with Gasteiger partial charge in [-0.1, -0.05) is 6.92 Å². The lowest BCUT2D eigenvalue weighted by atomic mass is 9.94. The monoisotopic (exact) mass is 403 g/mol. The Bertz CT molecular complexity index is 626. The Morgan fingerprint density at radius 3 is 2.65 bits per heavy atom. The van der Waals surface area contributed by atoms with Crippen LogP contribution in [0.5, 0.6) is 0 Å². The maximum Gasteiger partial charge on any atom is 0.225 e. The third-order valence-electron chi connectivity index (χ3n) is 3.90. The second-order valence-electron chi connectivity index (χ2n) is 5.77. The summed E-state index contributed by atoms with van der Waals surface area (Å²) in [4.78, 5) is 16.2. The number of carbonyl (C=O) groups excluding carboxylic acids is 1. The van der Waals surface area contributed by atoms with Crippen LogP contribution in [0.25, 0.3) is 0 Å². The molecule has 2 rings (SSSR count). The second-order valence-corrected chi connectivity index (χ2v) is 8.78. The molecule has 0 saturated carbocycles. The third-order valence-corrected chi connectivity index (χ3v) is 6.44. The minimum absolute atomic E-state index is 0.0744. The molecule has 0 unspecified atom stereocenters. The maximum absolute atomic E-state index is 12.1. The molecule has 23 heavy (non-hydrogen) atoms. The molecule has 8 heteroatoms. The summed E-state index contributed by atoms with van der Waals surface area (Å²) < 4.78 is 26.4. The number of hydrogen-bond donors (Lipinski definition) is 1. The van der Waals surface area contributed by atoms with E-state index in [0.29, 0.717) is 31.7 Å². The molecule has 1 aromatic heterocycles. The number of hydrogen-bond acceptors (Lipinski definition) is 4. The van der Waals surface area contributed by atoms with Crippen molar-refractivity contribution in [2.75, 3.05) is 24.2 Å². The standard InChI is InChI=1S/C15H22BrN3O3S/c1-2-9-23(21,22)19-7-5-12(6-8-19)10-15(20)18-14-4-3-13(16)11-17-14/h3-4,11-12H,2,5-10H2,1H3,(H,17,18,20). The number of nitrogens with one attached hydrogen (secondary N) is 1. The lowest BCUT2D eigenvalue weighted by Crippen LogP contribution is -2.40. The van der Waals surface area contributed by atoms with Gasteiger partial charge in [0.2, 0.25) is 15.9 Å². The average Bonchev–Trinajstić information content (AvgIpc) is 2.50. The van der Waals surface area contributed by atoms with Crippen LogP contribution in [-0.4, -0.2) is 42.5 Å². The first-order valence-corrected chi connectivity index (χ1v) is 10.2. The molecule has 1 aliphatic heterocycles. The number of piperidine rings is 1. The van der Waals surface area contributed by atoms with Crippen molar-refractivity contribution in [2.45, 2.75) is 32.6 Å². The van der Waals surface area contributed by atoms with Gasteiger partial charge in [0.25, 0.3) is 0 Å². The smallest absolute Gasteiger partial charge is 0.225 e. The highest BCUT2D eigenvalue weighted by molar-refractivity contribution is 9.10. The van der Waals surface area contributed by atoms with Gasteiger partial charge < -0.3 is 5.32 Å². The van der Waals surface area contributed by atoms with Crippen molar-refractivity contribution in [1.82, 2.24) is 9.29 Å². The zero-order chi connectivity index (χ0) is 16.9. The van der Waals surface area contributed by atoms with Crippen LogP contribution >= 0.6 is 15.9 Å². The molecule has 1 fully saturated rings. The van der Waals surface area contributed by atoms with Crippen LogP contribution in [0.4, 0.5) is 5.82 Å². The van der Waals surface area contributed by atoms with Gasteiger partial charge in [-0.2, -0.15) is 0 Å². The van der Waals surface area contributed by atoms with E-state index in [0.717, 1.165) is 17.3 Å². The number of carbonyl (C=O) groups is 1. The number of pyridine rings is 1. The van der Waals surface area contributed by atoms with E-state index < -0.39 is 10.0 Å². The molecule has 1 N–H and O–H groups in total. The first kappa shape index (κ1) is 18.4. The van der Waals surface area contributed by atoms with Crippen LogP contribution in [-0.2, 0) is 14.8 Å². The van der Waals surface area contributed by atoms with Gasteiger partial charge in [-0.15, -0.1) is 0 Å². The highest BCUT2D eigenvalue weighted by atomic mass is 79.9. The molecule has 0 atom stereocenters. The molecule has 0 radical (unpaired) electrons. The largest absolute Gasteiger partial charge is 0.311 e. The Hall–Kier alpha value is -0.990. The summed E-state index contributed by atoms with van der Waals surface area (Å²) in [6.45, 7) is 2.89. The molecular weight excluding hydrogens is 382 g/mol. The van der Waals surface area contributed by atoms with Gasteiger partial charge in [0.15, 0.2) is 0 Å². The van der Waals surface area contributed by atoms with Crippen LogP contribution < -0.4 is 5.32 Å². The molecule has 0 aliphatic carbocycles. The van der Waals surface area contributed by atoms with Crippen LogP contribution in [0.15, 0.2) is 22.8 Å². The number of anilines is 1. The fraction of sp³-hybridized carbons (Fsp3) is 0.600. The van der Waals surface area contributed by atoms with Crippen molar-refractivity contribution in [2.24, 2.45) is 5.92 Å². The number of nitrogens with zero attached hydrogens (tertiary/aromatic N) is 2. The lowest BCUT2D eigenvalue weighted by Gasteiger charge is -2.30. The molecule has 1 amide bonds. The predicted octanol–water partition coefficient (Wildman–Crippen LogP) is 2.62. The molecule has 0 aromatic carbocycles. The van der Waals surface area contributed by atoms with E-state index in [-0.39, 0.29) is 17.6 Å². The zero-order valence-corrected chi connectivity index (χ0v) is 15.6. The first-order valence-electron chi connectivity index (χ1n) is 7.80. The Labute approximate surface area is 145 Å². The number of sulfonamides is 1. The maximum atomic E-state index is 12.1. The second kappa shape index (κ2) is 8.21.